The van der Waals surface area contributed by atoms with Crippen molar-refractivity contribution in [1.29, 1.82) is 0 Å². The van der Waals surface area contributed by atoms with Gasteiger partial charge in [0.05, 0.1) is 30.4 Å². The fourth-order valence-electron chi connectivity index (χ4n) is 5.91. The second kappa shape index (κ2) is 15.9. The molecule has 13 heteroatoms. The Labute approximate surface area is 291 Å². The first kappa shape index (κ1) is 35.9. The van der Waals surface area contributed by atoms with E-state index in [1.54, 1.807) is 61.2 Å². The van der Waals surface area contributed by atoms with Crippen molar-refractivity contribution < 1.29 is 28.8 Å². The summed E-state index contributed by atoms with van der Waals surface area (Å²) in [6, 6.07) is 18.9. The molecule has 13 nitrogen and oxygen atoms in total. The number of amides is 4. The summed E-state index contributed by atoms with van der Waals surface area (Å²) in [5.74, 6) is 0.562. The molecule has 6 N–H and O–H groups in total. The number of nitrogen functional groups attached to an aromatic ring is 1. The van der Waals surface area contributed by atoms with Crippen LogP contribution in [0.15, 0.2) is 71.3 Å². The van der Waals surface area contributed by atoms with Crippen molar-refractivity contribution in [2.75, 3.05) is 48.4 Å². The van der Waals surface area contributed by atoms with Gasteiger partial charge in [-0.25, -0.2) is 4.79 Å². The molecule has 264 valence electrons. The number of benzene rings is 3. The second-order valence-electron chi connectivity index (χ2n) is 12.9. The van der Waals surface area contributed by atoms with E-state index in [1.807, 2.05) is 45.2 Å². The summed E-state index contributed by atoms with van der Waals surface area (Å²) in [4.78, 5) is 43.1. The number of hydrogen-bond donors (Lipinski definition) is 5. The first-order valence-corrected chi connectivity index (χ1v) is 16.6. The third kappa shape index (κ3) is 8.79. The molecule has 0 unspecified atom stereocenters. The highest BCUT2D eigenvalue weighted by atomic mass is 16.5. The summed E-state index contributed by atoms with van der Waals surface area (Å²) in [6.07, 6.45) is -0.284. The molecule has 4 amide bonds. The monoisotopic (exact) mass is 683 g/mol. The number of carbonyl (C=O) groups is 3. The Morgan fingerprint density at radius 2 is 1.82 bits per heavy atom. The molecule has 4 aromatic rings. The fraction of sp³-hybridized carbons (Fsp3) is 0.351. The van der Waals surface area contributed by atoms with Crippen LogP contribution in [-0.4, -0.2) is 76.8 Å². The van der Waals surface area contributed by atoms with Gasteiger partial charge in [-0.2, -0.15) is 0 Å². The van der Waals surface area contributed by atoms with E-state index in [0.29, 0.717) is 70.7 Å². The Bertz CT molecular complexity index is 1810. The Hall–Kier alpha value is -5.40. The van der Waals surface area contributed by atoms with E-state index >= 15 is 0 Å². The number of anilines is 4. The zero-order valence-corrected chi connectivity index (χ0v) is 29.0. The average Bonchev–Trinajstić information content (AvgIpc) is 3.42. The maximum Gasteiger partial charge on any atom is 0.323 e. The van der Waals surface area contributed by atoms with Gasteiger partial charge in [0.2, 0.25) is 5.91 Å². The van der Waals surface area contributed by atoms with Crippen LogP contribution in [0.25, 0.3) is 0 Å². The predicted octanol–water partition coefficient (Wildman–Crippen LogP) is 5.05. The normalized spacial score (nSPS) is 16.8. The summed E-state index contributed by atoms with van der Waals surface area (Å²) in [5, 5.41) is 22.3. The van der Waals surface area contributed by atoms with Gasteiger partial charge in [-0.05, 0) is 75.8 Å². The lowest BCUT2D eigenvalue weighted by atomic mass is 10.0. The molecule has 1 aliphatic rings. The van der Waals surface area contributed by atoms with Crippen LogP contribution in [0.3, 0.4) is 0 Å². The number of aliphatic hydroxyl groups is 1. The van der Waals surface area contributed by atoms with Crippen LogP contribution < -0.4 is 26.4 Å². The molecular weight excluding hydrogens is 638 g/mol. The summed E-state index contributed by atoms with van der Waals surface area (Å²) in [7, 11) is 1.99. The van der Waals surface area contributed by atoms with E-state index in [9.17, 15) is 19.5 Å². The van der Waals surface area contributed by atoms with Gasteiger partial charge in [0, 0.05) is 42.4 Å². The number of rotatable bonds is 10. The summed E-state index contributed by atoms with van der Waals surface area (Å²) in [5.41, 5.74) is 10.7. The highest BCUT2D eigenvalue weighted by Gasteiger charge is 2.31. The molecule has 0 fully saturated rings. The van der Waals surface area contributed by atoms with Gasteiger partial charge in [0.1, 0.15) is 23.2 Å². The number of nitrogens with one attached hydrogen (secondary N) is 3. The summed E-state index contributed by atoms with van der Waals surface area (Å²) >= 11 is 0. The van der Waals surface area contributed by atoms with Gasteiger partial charge < -0.3 is 41.0 Å². The van der Waals surface area contributed by atoms with Gasteiger partial charge in [-0.3, -0.25) is 14.5 Å². The fourth-order valence-corrected chi connectivity index (χ4v) is 5.91. The molecule has 3 atom stereocenters. The highest BCUT2D eigenvalue weighted by Crippen LogP contribution is 2.30. The van der Waals surface area contributed by atoms with Crippen LogP contribution in [0.5, 0.6) is 5.75 Å². The lowest BCUT2D eigenvalue weighted by Gasteiger charge is -2.34. The zero-order valence-electron chi connectivity index (χ0n) is 29.0. The summed E-state index contributed by atoms with van der Waals surface area (Å²) < 4.78 is 11.8. The number of aryl methyl sites for hydroxylation is 2. The predicted molar refractivity (Wildman–Crippen MR) is 192 cm³/mol. The van der Waals surface area contributed by atoms with E-state index in [4.69, 9.17) is 15.0 Å². The highest BCUT2D eigenvalue weighted by molar-refractivity contribution is 6.05. The number of aromatic nitrogens is 1. The molecular formula is C37H45N7O6. The van der Waals surface area contributed by atoms with E-state index in [2.05, 4.69) is 26.0 Å². The number of ether oxygens (including phenoxy) is 1. The van der Waals surface area contributed by atoms with Crippen LogP contribution in [0.4, 0.5) is 27.5 Å². The van der Waals surface area contributed by atoms with E-state index in [0.717, 1.165) is 5.56 Å². The molecule has 3 aromatic carbocycles. The second-order valence-corrected chi connectivity index (χ2v) is 12.9. The number of hydrogen-bond acceptors (Lipinski definition) is 9. The first-order chi connectivity index (χ1) is 23.9. The van der Waals surface area contributed by atoms with Crippen molar-refractivity contribution in [3.05, 3.63) is 94.9 Å². The molecule has 0 radical (unpaired) electrons. The topological polar surface area (TPSA) is 175 Å². The zero-order chi connectivity index (χ0) is 35.9. The Kier molecular flexibility index (Phi) is 11.4. The third-order valence-electron chi connectivity index (χ3n) is 8.82. The Balaban J connectivity index is 1.30. The van der Waals surface area contributed by atoms with Crippen molar-refractivity contribution in [1.82, 2.24) is 15.0 Å². The van der Waals surface area contributed by atoms with Crippen molar-refractivity contribution in [2.24, 2.45) is 5.92 Å². The maximum absolute atomic E-state index is 13.6. The number of carbonyl (C=O) groups excluding carboxylic acids is 3. The number of para-hydroxylation sites is 2. The van der Waals surface area contributed by atoms with E-state index < -0.39 is 6.03 Å². The number of fused-ring (bicyclic) bond motifs is 1. The van der Waals surface area contributed by atoms with Crippen LogP contribution in [-0.2, 0) is 17.8 Å². The van der Waals surface area contributed by atoms with Crippen molar-refractivity contribution >= 4 is 40.6 Å². The average molecular weight is 684 g/mol. The van der Waals surface area contributed by atoms with E-state index in [-0.39, 0.29) is 42.9 Å². The van der Waals surface area contributed by atoms with Gasteiger partial charge in [0.15, 0.2) is 5.76 Å². The molecule has 0 aliphatic carbocycles. The van der Waals surface area contributed by atoms with Gasteiger partial charge in [0.25, 0.3) is 5.91 Å². The Morgan fingerprint density at radius 1 is 1.08 bits per heavy atom. The van der Waals surface area contributed by atoms with Crippen molar-refractivity contribution in [3.8, 4) is 5.75 Å². The minimum Gasteiger partial charge on any atom is -0.488 e. The van der Waals surface area contributed by atoms with Crippen molar-refractivity contribution in [2.45, 2.75) is 52.8 Å². The first-order valence-electron chi connectivity index (χ1n) is 16.6. The molecule has 50 heavy (non-hydrogen) atoms. The standard InChI is InChI=1S/C37H45N7O6/c1-22-18-44(23(2)21-45)34(46)17-28-16-29(39-37(48)41-35-24(3)42-50-25(35)4)14-15-32(28)49-33(22)20-43(5)19-26-10-12-27(13-11-26)36(47)40-31-9-7-6-8-30(31)38/h6-16,22-23,33,45H,17-21,38H2,1-5H3,(H,40,47)(H2,39,41,48)/t22-,23+,33-/m1/s1. The van der Waals surface area contributed by atoms with Crippen LogP contribution in [0.2, 0.25) is 0 Å². The number of nitrogens with two attached hydrogens (primary N) is 1. The molecule has 1 aliphatic heterocycles. The smallest absolute Gasteiger partial charge is 0.323 e. The minimum atomic E-state index is -0.479. The molecule has 1 aromatic heterocycles. The quantitative estimate of drug-likeness (QED) is 0.143. The molecule has 5 rings (SSSR count). The summed E-state index contributed by atoms with van der Waals surface area (Å²) in [6.45, 7) is 8.65. The van der Waals surface area contributed by atoms with E-state index in [1.165, 1.54) is 0 Å². The van der Waals surface area contributed by atoms with Crippen LogP contribution in [0, 0.1) is 19.8 Å². The number of likely N-dealkylation sites (N-methyl/N-ethyl adjacent to an activating group) is 1. The van der Waals surface area contributed by atoms with Gasteiger partial charge in [-0.1, -0.05) is 36.3 Å². The molecule has 0 saturated heterocycles. The SMILES string of the molecule is Cc1noc(C)c1NC(=O)Nc1ccc2c(c1)CC(=O)N([C@@H](C)CO)C[C@@H](C)[C@@H](CN(C)Cc1ccc(C(=O)Nc3ccccc3N)cc1)O2. The van der Waals surface area contributed by atoms with Crippen LogP contribution in [0.1, 0.15) is 46.8 Å². The largest absolute Gasteiger partial charge is 0.488 e. The molecule has 2 heterocycles. The molecule has 0 bridgehead atoms. The number of urea groups is 1. The number of nitrogens with zero attached hydrogens (tertiary/aromatic N) is 3. The molecule has 0 spiro atoms. The number of aliphatic hydroxyl groups excluding tert-OH is 1. The molecule has 0 saturated carbocycles. The third-order valence-corrected chi connectivity index (χ3v) is 8.82. The minimum absolute atomic E-state index is 0.0345. The lowest BCUT2D eigenvalue weighted by Crippen LogP contribution is -2.47. The van der Waals surface area contributed by atoms with Crippen LogP contribution >= 0.6 is 0 Å². The lowest BCUT2D eigenvalue weighted by molar-refractivity contribution is -0.134. The van der Waals surface area contributed by atoms with Crippen molar-refractivity contribution in [3.63, 3.8) is 0 Å². The van der Waals surface area contributed by atoms with Gasteiger partial charge >= 0.3 is 6.03 Å². The maximum atomic E-state index is 13.6. The van der Waals surface area contributed by atoms with Gasteiger partial charge in [-0.15, -0.1) is 0 Å². The Morgan fingerprint density at radius 3 is 2.50 bits per heavy atom.